The van der Waals surface area contributed by atoms with Gasteiger partial charge in [0.25, 0.3) is 11.7 Å². The number of aryl methyl sites for hydroxylation is 1. The average Bonchev–Trinajstić information content (AvgIpc) is 3.13. The number of amides is 1. The number of halogens is 3. The molecule has 1 atom stereocenters. The average molecular weight is 487 g/mol. The van der Waals surface area contributed by atoms with E-state index in [1.807, 2.05) is 37.3 Å². The number of ketones is 1. The second-order valence-corrected chi connectivity index (χ2v) is 8.69. The highest BCUT2D eigenvalue weighted by Gasteiger charge is 2.47. The van der Waals surface area contributed by atoms with Crippen LogP contribution in [0.15, 0.2) is 96.6 Å². The highest BCUT2D eigenvalue weighted by Crippen LogP contribution is 2.43. The first kappa shape index (κ1) is 23.4. The number of nitrogens with zero attached hydrogens (tertiary/aromatic N) is 1. The van der Waals surface area contributed by atoms with Crippen molar-refractivity contribution in [3.05, 3.63) is 119 Å². The zero-order chi connectivity index (χ0) is 25.6. The highest BCUT2D eigenvalue weighted by atomic mass is 19.4. The van der Waals surface area contributed by atoms with E-state index < -0.39 is 29.5 Å². The van der Waals surface area contributed by atoms with Gasteiger partial charge in [0.1, 0.15) is 5.76 Å². The molecule has 1 heterocycles. The van der Waals surface area contributed by atoms with Crippen molar-refractivity contribution in [1.29, 1.82) is 0 Å². The predicted octanol–water partition coefficient (Wildman–Crippen LogP) is 6.79. The van der Waals surface area contributed by atoms with E-state index in [0.29, 0.717) is 11.1 Å². The Bertz CT molecular complexity index is 1550. The SMILES string of the molecule is Cc1cccc(C2/C(=C(/O)c3ccc4ccccc4c3)C(=O)C(=O)N2c2cccc(C(F)(F)F)c2)c1. The number of Topliss-reactive ketones (excluding diaryl/α,β-unsaturated/α-hetero) is 1. The fourth-order valence-corrected chi connectivity index (χ4v) is 4.58. The van der Waals surface area contributed by atoms with Crippen LogP contribution in [0.5, 0.6) is 0 Å². The summed E-state index contributed by atoms with van der Waals surface area (Å²) in [5.41, 5.74) is 0.434. The van der Waals surface area contributed by atoms with Crippen molar-refractivity contribution < 1.29 is 27.9 Å². The first-order valence-corrected chi connectivity index (χ1v) is 11.2. The summed E-state index contributed by atoms with van der Waals surface area (Å²) < 4.78 is 40.3. The normalized spacial score (nSPS) is 17.7. The molecule has 0 aliphatic carbocycles. The summed E-state index contributed by atoms with van der Waals surface area (Å²) >= 11 is 0. The van der Waals surface area contributed by atoms with Gasteiger partial charge in [0.15, 0.2) is 0 Å². The van der Waals surface area contributed by atoms with Crippen LogP contribution in [0.1, 0.15) is 28.3 Å². The number of fused-ring (bicyclic) bond motifs is 1. The van der Waals surface area contributed by atoms with Crippen molar-refractivity contribution in [2.24, 2.45) is 0 Å². The van der Waals surface area contributed by atoms with Crippen LogP contribution in [0.3, 0.4) is 0 Å². The van der Waals surface area contributed by atoms with Crippen LogP contribution in [0.25, 0.3) is 16.5 Å². The van der Waals surface area contributed by atoms with E-state index in [-0.39, 0.29) is 17.0 Å². The first-order chi connectivity index (χ1) is 17.1. The van der Waals surface area contributed by atoms with Crippen LogP contribution < -0.4 is 4.90 Å². The molecule has 1 saturated heterocycles. The van der Waals surface area contributed by atoms with Crippen molar-refractivity contribution in [1.82, 2.24) is 0 Å². The summed E-state index contributed by atoms with van der Waals surface area (Å²) in [5, 5.41) is 13.1. The number of carbonyl (C=O) groups excluding carboxylic acids is 2. The molecule has 36 heavy (non-hydrogen) atoms. The summed E-state index contributed by atoms with van der Waals surface area (Å²) in [6.45, 7) is 1.82. The number of hydrogen-bond donors (Lipinski definition) is 1. The summed E-state index contributed by atoms with van der Waals surface area (Å²) in [5.74, 6) is -2.37. The van der Waals surface area contributed by atoms with Crippen molar-refractivity contribution in [2.45, 2.75) is 19.1 Å². The van der Waals surface area contributed by atoms with E-state index in [9.17, 15) is 27.9 Å². The molecule has 0 spiro atoms. The van der Waals surface area contributed by atoms with Gasteiger partial charge in [-0.25, -0.2) is 0 Å². The third kappa shape index (κ3) is 4.02. The van der Waals surface area contributed by atoms with Crippen LogP contribution in [0.2, 0.25) is 0 Å². The third-order valence-corrected chi connectivity index (χ3v) is 6.28. The van der Waals surface area contributed by atoms with Crippen LogP contribution in [0, 0.1) is 6.92 Å². The van der Waals surface area contributed by atoms with E-state index >= 15 is 0 Å². The van der Waals surface area contributed by atoms with Crippen molar-refractivity contribution in [3.63, 3.8) is 0 Å². The van der Waals surface area contributed by atoms with Crippen molar-refractivity contribution in [3.8, 4) is 0 Å². The Labute approximate surface area is 204 Å². The fraction of sp³-hybridized carbons (Fsp3) is 0.103. The molecule has 1 unspecified atom stereocenters. The fourth-order valence-electron chi connectivity index (χ4n) is 4.58. The molecule has 0 bridgehead atoms. The summed E-state index contributed by atoms with van der Waals surface area (Å²) in [6, 6.07) is 22.7. The molecule has 1 aliphatic rings. The van der Waals surface area contributed by atoms with Gasteiger partial charge in [0.05, 0.1) is 17.2 Å². The van der Waals surface area contributed by atoms with E-state index in [1.165, 1.54) is 12.1 Å². The molecular weight excluding hydrogens is 467 g/mol. The largest absolute Gasteiger partial charge is 0.507 e. The second-order valence-electron chi connectivity index (χ2n) is 8.69. The van der Waals surface area contributed by atoms with Gasteiger partial charge >= 0.3 is 6.18 Å². The Kier molecular flexibility index (Phi) is 5.63. The van der Waals surface area contributed by atoms with Gasteiger partial charge in [-0.3, -0.25) is 14.5 Å². The molecule has 0 saturated carbocycles. The highest BCUT2D eigenvalue weighted by molar-refractivity contribution is 6.51. The van der Waals surface area contributed by atoms with Crippen molar-refractivity contribution >= 4 is 33.9 Å². The monoisotopic (exact) mass is 487 g/mol. The molecule has 4 nitrogen and oxygen atoms in total. The minimum atomic E-state index is -4.63. The lowest BCUT2D eigenvalue weighted by molar-refractivity contribution is -0.137. The van der Waals surface area contributed by atoms with Gasteiger partial charge < -0.3 is 5.11 Å². The van der Waals surface area contributed by atoms with E-state index in [4.69, 9.17) is 0 Å². The molecule has 0 aromatic heterocycles. The summed E-state index contributed by atoms with van der Waals surface area (Å²) in [6.07, 6.45) is -4.63. The van der Waals surface area contributed by atoms with Crippen LogP contribution >= 0.6 is 0 Å². The van der Waals surface area contributed by atoms with Gasteiger partial charge in [0, 0.05) is 11.3 Å². The molecule has 5 rings (SSSR count). The Balaban J connectivity index is 1.73. The molecule has 4 aromatic rings. The maximum atomic E-state index is 13.4. The van der Waals surface area contributed by atoms with Gasteiger partial charge in [-0.15, -0.1) is 0 Å². The summed E-state index contributed by atoms with van der Waals surface area (Å²) in [7, 11) is 0. The van der Waals surface area contributed by atoms with Gasteiger partial charge in [0.2, 0.25) is 0 Å². The molecular formula is C29H20F3NO3. The lowest BCUT2D eigenvalue weighted by atomic mass is 9.93. The second kappa shape index (κ2) is 8.68. The number of carbonyl (C=O) groups is 2. The summed E-state index contributed by atoms with van der Waals surface area (Å²) in [4.78, 5) is 27.6. The Morgan fingerprint density at radius 3 is 2.28 bits per heavy atom. The minimum absolute atomic E-state index is 0.0870. The standard InChI is InChI=1S/C29H20F3NO3/c1-17-6-4-9-20(14-17)25-24(26(34)21-13-12-18-7-2-3-8-19(18)15-21)27(35)28(36)33(25)23-11-5-10-22(16-23)29(30,31)32/h2-16,25,34H,1H3/b26-24-. The number of aliphatic hydroxyl groups excluding tert-OH is 1. The maximum Gasteiger partial charge on any atom is 0.416 e. The number of alkyl halides is 3. The van der Waals surface area contributed by atoms with E-state index in [1.54, 1.807) is 36.4 Å². The van der Waals surface area contributed by atoms with Crippen LogP contribution in [-0.2, 0) is 15.8 Å². The Morgan fingerprint density at radius 2 is 1.56 bits per heavy atom. The molecule has 1 N–H and O–H groups in total. The lowest BCUT2D eigenvalue weighted by Crippen LogP contribution is -2.29. The number of benzene rings is 4. The molecule has 180 valence electrons. The Morgan fingerprint density at radius 1 is 0.833 bits per heavy atom. The topological polar surface area (TPSA) is 57.6 Å². The molecule has 0 radical (unpaired) electrons. The number of anilines is 1. The Hall–Kier alpha value is -4.39. The van der Waals surface area contributed by atoms with E-state index in [2.05, 4.69) is 0 Å². The molecule has 7 heteroatoms. The number of hydrogen-bond acceptors (Lipinski definition) is 3. The molecule has 4 aromatic carbocycles. The zero-order valence-electron chi connectivity index (χ0n) is 19.1. The lowest BCUT2D eigenvalue weighted by Gasteiger charge is -2.26. The van der Waals surface area contributed by atoms with Crippen LogP contribution in [0.4, 0.5) is 18.9 Å². The smallest absolute Gasteiger partial charge is 0.416 e. The number of aliphatic hydroxyl groups is 1. The van der Waals surface area contributed by atoms with E-state index in [0.717, 1.165) is 33.4 Å². The minimum Gasteiger partial charge on any atom is -0.507 e. The zero-order valence-corrected chi connectivity index (χ0v) is 19.1. The first-order valence-electron chi connectivity index (χ1n) is 11.2. The van der Waals surface area contributed by atoms with Gasteiger partial charge in [-0.1, -0.05) is 72.3 Å². The molecule has 1 amide bonds. The van der Waals surface area contributed by atoms with Crippen LogP contribution in [-0.4, -0.2) is 16.8 Å². The molecule has 1 aliphatic heterocycles. The quantitative estimate of drug-likeness (QED) is 0.197. The van der Waals surface area contributed by atoms with Crippen molar-refractivity contribution in [2.75, 3.05) is 4.90 Å². The maximum absolute atomic E-state index is 13.4. The van der Waals surface area contributed by atoms with Gasteiger partial charge in [-0.05, 0) is 47.5 Å². The third-order valence-electron chi connectivity index (χ3n) is 6.28. The predicted molar refractivity (Wildman–Crippen MR) is 131 cm³/mol. The van der Waals surface area contributed by atoms with Gasteiger partial charge in [-0.2, -0.15) is 13.2 Å². The number of rotatable bonds is 3. The molecule has 1 fully saturated rings.